The number of rotatable bonds is 7. The van der Waals surface area contributed by atoms with Gasteiger partial charge in [0.2, 0.25) is 5.88 Å². The molecule has 0 fully saturated rings. The van der Waals surface area contributed by atoms with Crippen LogP contribution in [0.15, 0.2) is 35.4 Å². The molecule has 0 saturated heterocycles. The lowest BCUT2D eigenvalue weighted by Crippen LogP contribution is -2.25. The van der Waals surface area contributed by atoms with Crippen LogP contribution in [0.1, 0.15) is 13.3 Å². The summed E-state index contributed by atoms with van der Waals surface area (Å²) >= 11 is 0. The Morgan fingerprint density at radius 3 is 2.72 bits per heavy atom. The fourth-order valence-electron chi connectivity index (χ4n) is 2.40. The molecule has 3 rings (SSSR count). The van der Waals surface area contributed by atoms with Crippen LogP contribution in [0.25, 0.3) is 22.3 Å². The summed E-state index contributed by atoms with van der Waals surface area (Å²) in [6, 6.07) is 5.41. The van der Waals surface area contributed by atoms with E-state index in [0.29, 0.717) is 42.4 Å². The van der Waals surface area contributed by atoms with Crippen LogP contribution in [0.3, 0.4) is 0 Å². The first-order chi connectivity index (χ1) is 12.2. The summed E-state index contributed by atoms with van der Waals surface area (Å²) in [4.78, 5) is 20.2. The van der Waals surface area contributed by atoms with E-state index < -0.39 is 0 Å². The van der Waals surface area contributed by atoms with Gasteiger partial charge >= 0.3 is 5.69 Å². The Labute approximate surface area is 144 Å². The quantitative estimate of drug-likeness (QED) is 0.604. The molecule has 3 aromatic heterocycles. The molecule has 3 heterocycles. The van der Waals surface area contributed by atoms with Crippen LogP contribution in [0, 0.1) is 0 Å². The van der Waals surface area contributed by atoms with E-state index in [2.05, 4.69) is 20.2 Å². The minimum Gasteiger partial charge on any atom is -0.481 e. The topological polar surface area (TPSA) is 92.0 Å². The maximum atomic E-state index is 12.1. The maximum absolute atomic E-state index is 12.1. The van der Waals surface area contributed by atoms with E-state index in [-0.39, 0.29) is 5.69 Å². The highest BCUT2D eigenvalue weighted by Gasteiger charge is 2.09. The maximum Gasteiger partial charge on any atom is 0.348 e. The molecule has 0 N–H and O–H groups in total. The molecule has 0 aliphatic rings. The molecule has 130 valence electrons. The predicted molar refractivity (Wildman–Crippen MR) is 92.5 cm³/mol. The van der Waals surface area contributed by atoms with Crippen LogP contribution < -0.4 is 10.4 Å². The van der Waals surface area contributed by atoms with Crippen molar-refractivity contribution in [2.24, 2.45) is 0 Å². The average Bonchev–Trinajstić information content (AvgIpc) is 2.66. The molecule has 0 aromatic carbocycles. The average molecular weight is 341 g/mol. The summed E-state index contributed by atoms with van der Waals surface area (Å²) in [7, 11) is 1.56. The monoisotopic (exact) mass is 341 g/mol. The third kappa shape index (κ3) is 3.80. The molecule has 0 atom stereocenters. The molecular formula is C17H19N5O3. The van der Waals surface area contributed by atoms with E-state index in [9.17, 15) is 4.79 Å². The first-order valence-corrected chi connectivity index (χ1v) is 8.04. The highest BCUT2D eigenvalue weighted by Crippen LogP contribution is 2.20. The molecule has 3 aromatic rings. The summed E-state index contributed by atoms with van der Waals surface area (Å²) in [5, 5.41) is 8.37. The van der Waals surface area contributed by atoms with E-state index in [4.69, 9.17) is 9.47 Å². The summed E-state index contributed by atoms with van der Waals surface area (Å²) in [5.74, 6) is 0.520. The second-order valence-corrected chi connectivity index (χ2v) is 5.39. The molecule has 8 heteroatoms. The number of ether oxygens (including phenoxy) is 2. The van der Waals surface area contributed by atoms with Crippen LogP contribution in [0.5, 0.6) is 5.88 Å². The largest absolute Gasteiger partial charge is 0.481 e. The minimum absolute atomic E-state index is 0.334. The van der Waals surface area contributed by atoms with Crippen LogP contribution in [0.2, 0.25) is 0 Å². The zero-order valence-electron chi connectivity index (χ0n) is 14.2. The van der Waals surface area contributed by atoms with Crippen molar-refractivity contribution >= 4 is 11.0 Å². The van der Waals surface area contributed by atoms with Crippen LogP contribution in [0.4, 0.5) is 0 Å². The van der Waals surface area contributed by atoms with Crippen molar-refractivity contribution in [1.29, 1.82) is 0 Å². The lowest BCUT2D eigenvalue weighted by molar-refractivity contribution is 0.127. The Kier molecular flexibility index (Phi) is 5.30. The van der Waals surface area contributed by atoms with Gasteiger partial charge in [-0.25, -0.2) is 9.78 Å². The third-order valence-electron chi connectivity index (χ3n) is 3.67. The molecule has 8 nitrogen and oxygen atoms in total. The number of pyridine rings is 1. The van der Waals surface area contributed by atoms with E-state index in [1.807, 2.05) is 19.1 Å². The summed E-state index contributed by atoms with van der Waals surface area (Å²) in [5.41, 5.74) is 2.30. The smallest absolute Gasteiger partial charge is 0.348 e. The fourth-order valence-corrected chi connectivity index (χ4v) is 2.40. The van der Waals surface area contributed by atoms with Crippen molar-refractivity contribution < 1.29 is 9.47 Å². The molecule has 0 bridgehead atoms. The molecular weight excluding hydrogens is 322 g/mol. The number of fused-ring (bicyclic) bond motifs is 1. The van der Waals surface area contributed by atoms with Gasteiger partial charge < -0.3 is 9.47 Å². The number of aromatic nitrogens is 5. The van der Waals surface area contributed by atoms with Crippen molar-refractivity contribution in [3.05, 3.63) is 41.1 Å². The van der Waals surface area contributed by atoms with Crippen molar-refractivity contribution in [1.82, 2.24) is 24.7 Å². The van der Waals surface area contributed by atoms with E-state index in [1.54, 1.807) is 23.9 Å². The first kappa shape index (κ1) is 17.0. The summed E-state index contributed by atoms with van der Waals surface area (Å²) in [6.07, 6.45) is 4.02. The van der Waals surface area contributed by atoms with Crippen molar-refractivity contribution in [3.8, 4) is 17.1 Å². The minimum atomic E-state index is -0.334. The Morgan fingerprint density at radius 2 is 2.00 bits per heavy atom. The van der Waals surface area contributed by atoms with Crippen molar-refractivity contribution in [2.45, 2.75) is 19.9 Å². The SMILES string of the molecule is CCCOCCn1c(=O)ncc2nnc(-c3ccc(OC)nc3)cc21. The Morgan fingerprint density at radius 1 is 1.12 bits per heavy atom. The second-order valence-electron chi connectivity index (χ2n) is 5.39. The standard InChI is InChI=1S/C17H19N5O3/c1-3-7-25-8-6-22-15-9-13(12-4-5-16(24-2)18-10-12)20-21-14(15)11-19-17(22)23/h4-5,9-11H,3,6-8H2,1-2H3. The summed E-state index contributed by atoms with van der Waals surface area (Å²) < 4.78 is 12.1. The molecule has 0 aliphatic carbocycles. The Balaban J connectivity index is 1.97. The van der Waals surface area contributed by atoms with Gasteiger partial charge in [-0.3, -0.25) is 4.57 Å². The van der Waals surface area contributed by atoms with Gasteiger partial charge in [-0.05, 0) is 18.6 Å². The Bertz CT molecular complexity index is 908. The summed E-state index contributed by atoms with van der Waals surface area (Å²) in [6.45, 7) is 3.55. The lowest BCUT2D eigenvalue weighted by Gasteiger charge is -2.10. The second kappa shape index (κ2) is 7.80. The third-order valence-corrected chi connectivity index (χ3v) is 3.67. The van der Waals surface area contributed by atoms with Crippen molar-refractivity contribution in [2.75, 3.05) is 20.3 Å². The zero-order valence-corrected chi connectivity index (χ0v) is 14.2. The molecule has 0 saturated carbocycles. The van der Waals surface area contributed by atoms with Crippen LogP contribution in [-0.2, 0) is 11.3 Å². The van der Waals surface area contributed by atoms with Crippen LogP contribution in [-0.4, -0.2) is 45.1 Å². The van der Waals surface area contributed by atoms with Gasteiger partial charge in [-0.1, -0.05) is 6.92 Å². The van der Waals surface area contributed by atoms with Gasteiger partial charge in [0.15, 0.2) is 0 Å². The zero-order chi connectivity index (χ0) is 17.6. The van der Waals surface area contributed by atoms with Crippen LogP contribution >= 0.6 is 0 Å². The molecule has 0 radical (unpaired) electrons. The van der Waals surface area contributed by atoms with Gasteiger partial charge in [0.25, 0.3) is 0 Å². The normalized spacial score (nSPS) is 11.0. The number of nitrogens with zero attached hydrogens (tertiary/aromatic N) is 5. The fraction of sp³-hybridized carbons (Fsp3) is 0.353. The van der Waals surface area contributed by atoms with E-state index in [0.717, 1.165) is 12.0 Å². The van der Waals surface area contributed by atoms with E-state index in [1.165, 1.54) is 6.20 Å². The van der Waals surface area contributed by atoms with E-state index >= 15 is 0 Å². The number of hydrogen-bond acceptors (Lipinski definition) is 7. The Hall–Kier alpha value is -2.87. The molecule has 0 aliphatic heterocycles. The van der Waals surface area contributed by atoms with Gasteiger partial charge in [0, 0.05) is 24.4 Å². The highest BCUT2D eigenvalue weighted by atomic mass is 16.5. The van der Waals surface area contributed by atoms with Crippen molar-refractivity contribution in [3.63, 3.8) is 0 Å². The molecule has 0 amide bonds. The molecule has 25 heavy (non-hydrogen) atoms. The number of methoxy groups -OCH3 is 1. The molecule has 0 unspecified atom stereocenters. The predicted octanol–water partition coefficient (Wildman–Crippen LogP) is 1.68. The van der Waals surface area contributed by atoms with Gasteiger partial charge in [0.05, 0.1) is 37.7 Å². The highest BCUT2D eigenvalue weighted by molar-refractivity contribution is 5.77. The number of hydrogen-bond donors (Lipinski definition) is 0. The van der Waals surface area contributed by atoms with Gasteiger partial charge in [-0.15, -0.1) is 10.2 Å². The molecule has 0 spiro atoms. The van der Waals surface area contributed by atoms with Gasteiger partial charge in [-0.2, -0.15) is 4.98 Å². The van der Waals surface area contributed by atoms with Gasteiger partial charge in [0.1, 0.15) is 5.52 Å². The lowest BCUT2D eigenvalue weighted by atomic mass is 10.2. The first-order valence-electron chi connectivity index (χ1n) is 8.04.